The molecule has 0 saturated carbocycles. The predicted molar refractivity (Wildman–Crippen MR) is 56.1 cm³/mol. The zero-order valence-electron chi connectivity index (χ0n) is 9.52. The van der Waals surface area contributed by atoms with Crippen LogP contribution in [0.4, 0.5) is 4.79 Å². The average Bonchev–Trinajstić information content (AvgIpc) is 2.17. The molecule has 0 aromatic carbocycles. The first kappa shape index (κ1) is 13.7. The Balaban J connectivity index is 3.67. The Morgan fingerprint density at radius 1 is 1.20 bits per heavy atom. The van der Waals surface area contributed by atoms with Crippen molar-refractivity contribution in [3.63, 3.8) is 0 Å². The maximum Gasteiger partial charge on any atom is 0.410 e. The molecule has 0 aliphatic heterocycles. The van der Waals surface area contributed by atoms with Gasteiger partial charge in [0.05, 0.1) is 0 Å². The molecule has 6 nitrogen and oxygen atoms in total. The summed E-state index contributed by atoms with van der Waals surface area (Å²) in [5.41, 5.74) is 5.06. The Bertz CT molecular complexity index is 221. The molecule has 2 amide bonds. The lowest BCUT2D eigenvalue weighted by Gasteiger charge is -2.19. The maximum atomic E-state index is 11.1. The molecule has 0 saturated heterocycles. The summed E-state index contributed by atoms with van der Waals surface area (Å²) < 4.78 is 4.59. The number of rotatable bonds is 5. The number of nitrogens with zero attached hydrogens (tertiary/aromatic N) is 2. The normalized spacial score (nSPS) is 9.60. The second-order valence-electron chi connectivity index (χ2n) is 3.29. The van der Waals surface area contributed by atoms with Crippen molar-refractivity contribution in [2.75, 3.05) is 33.9 Å². The van der Waals surface area contributed by atoms with E-state index in [1.807, 2.05) is 0 Å². The van der Waals surface area contributed by atoms with E-state index < -0.39 is 6.09 Å². The molecule has 0 aliphatic rings. The summed E-state index contributed by atoms with van der Waals surface area (Å²) in [6.45, 7) is 2.55. The molecule has 0 spiro atoms. The number of hydrogen-bond acceptors (Lipinski definition) is 4. The second-order valence-corrected chi connectivity index (χ2v) is 3.29. The van der Waals surface area contributed by atoms with Crippen LogP contribution in [0.2, 0.25) is 0 Å². The fourth-order valence-corrected chi connectivity index (χ4v) is 0.975. The van der Waals surface area contributed by atoms with Gasteiger partial charge in [-0.3, -0.25) is 10.5 Å². The summed E-state index contributed by atoms with van der Waals surface area (Å²) in [6.07, 6.45) is 0.273. The van der Waals surface area contributed by atoms with Gasteiger partial charge in [-0.2, -0.15) is 0 Å². The smallest absolute Gasteiger partial charge is 0.410 e. The number of carbonyl (C=O) groups is 2. The van der Waals surface area contributed by atoms with Crippen molar-refractivity contribution >= 4 is 12.0 Å². The summed E-state index contributed by atoms with van der Waals surface area (Å²) in [7, 11) is 3.35. The van der Waals surface area contributed by atoms with Crippen LogP contribution in [0, 0.1) is 0 Å². The van der Waals surface area contributed by atoms with Crippen LogP contribution < -0.4 is 5.73 Å². The third-order valence-electron chi connectivity index (χ3n) is 2.04. The van der Waals surface area contributed by atoms with Gasteiger partial charge in [0, 0.05) is 34.1 Å². The third kappa shape index (κ3) is 5.90. The zero-order chi connectivity index (χ0) is 11.8. The van der Waals surface area contributed by atoms with E-state index in [2.05, 4.69) is 4.74 Å². The van der Waals surface area contributed by atoms with Gasteiger partial charge in [-0.15, -0.1) is 0 Å². The molecule has 0 rings (SSSR count). The molecule has 0 fully saturated rings. The molecule has 0 bridgehead atoms. The van der Waals surface area contributed by atoms with Gasteiger partial charge in [0.25, 0.3) is 0 Å². The molecule has 88 valence electrons. The SMILES string of the molecule is CC(=O)N(C)CCCN(C)C(=O)OCN. The Kier molecular flexibility index (Phi) is 6.44. The zero-order valence-corrected chi connectivity index (χ0v) is 9.52. The highest BCUT2D eigenvalue weighted by Crippen LogP contribution is 1.94. The topological polar surface area (TPSA) is 75.9 Å². The van der Waals surface area contributed by atoms with Crippen molar-refractivity contribution in [2.45, 2.75) is 13.3 Å². The first-order chi connectivity index (χ1) is 6.99. The number of ether oxygens (including phenoxy) is 1. The molecule has 0 atom stereocenters. The van der Waals surface area contributed by atoms with Gasteiger partial charge in [0.15, 0.2) is 0 Å². The quantitative estimate of drug-likeness (QED) is 0.649. The van der Waals surface area contributed by atoms with E-state index in [-0.39, 0.29) is 12.6 Å². The average molecular weight is 217 g/mol. The Hall–Kier alpha value is -1.30. The summed E-state index contributed by atoms with van der Waals surface area (Å²) >= 11 is 0. The molecule has 0 aromatic rings. The predicted octanol–water partition coefficient (Wildman–Crippen LogP) is -0.161. The van der Waals surface area contributed by atoms with Crippen LogP contribution >= 0.6 is 0 Å². The second kappa shape index (κ2) is 7.05. The van der Waals surface area contributed by atoms with E-state index in [1.54, 1.807) is 19.0 Å². The van der Waals surface area contributed by atoms with Gasteiger partial charge in [-0.05, 0) is 6.42 Å². The van der Waals surface area contributed by atoms with Crippen molar-refractivity contribution in [1.29, 1.82) is 0 Å². The van der Waals surface area contributed by atoms with Gasteiger partial charge in [-0.25, -0.2) is 4.79 Å². The van der Waals surface area contributed by atoms with E-state index in [0.717, 1.165) is 0 Å². The summed E-state index contributed by atoms with van der Waals surface area (Å²) in [4.78, 5) is 25.0. The van der Waals surface area contributed by atoms with Crippen LogP contribution in [0.1, 0.15) is 13.3 Å². The lowest BCUT2D eigenvalue weighted by atomic mass is 10.3. The minimum absolute atomic E-state index is 0.0159. The minimum atomic E-state index is -0.442. The van der Waals surface area contributed by atoms with Crippen molar-refractivity contribution < 1.29 is 14.3 Å². The van der Waals surface area contributed by atoms with Crippen molar-refractivity contribution in [3.05, 3.63) is 0 Å². The van der Waals surface area contributed by atoms with E-state index in [9.17, 15) is 9.59 Å². The van der Waals surface area contributed by atoms with Crippen LogP contribution in [0.5, 0.6) is 0 Å². The highest BCUT2D eigenvalue weighted by Gasteiger charge is 2.09. The summed E-state index contributed by atoms with van der Waals surface area (Å²) in [5, 5.41) is 0. The summed E-state index contributed by atoms with van der Waals surface area (Å²) in [5.74, 6) is 0.0159. The van der Waals surface area contributed by atoms with Crippen LogP contribution in [0.3, 0.4) is 0 Å². The number of amides is 2. The molecular weight excluding hydrogens is 198 g/mol. The van der Waals surface area contributed by atoms with Gasteiger partial charge >= 0.3 is 6.09 Å². The lowest BCUT2D eigenvalue weighted by Crippen LogP contribution is -2.33. The van der Waals surface area contributed by atoms with E-state index >= 15 is 0 Å². The fraction of sp³-hybridized carbons (Fsp3) is 0.778. The number of hydrogen-bond donors (Lipinski definition) is 1. The molecule has 6 heteroatoms. The molecule has 0 aliphatic carbocycles. The van der Waals surface area contributed by atoms with Crippen molar-refractivity contribution in [1.82, 2.24) is 9.80 Å². The number of carbonyl (C=O) groups excluding carboxylic acids is 2. The molecule has 2 N–H and O–H groups in total. The molecule has 0 heterocycles. The highest BCUT2D eigenvalue weighted by molar-refractivity contribution is 5.72. The largest absolute Gasteiger partial charge is 0.434 e. The van der Waals surface area contributed by atoms with Crippen LogP contribution in [0.25, 0.3) is 0 Å². The van der Waals surface area contributed by atoms with E-state index in [4.69, 9.17) is 5.73 Å². The first-order valence-corrected chi connectivity index (χ1v) is 4.78. The Morgan fingerprint density at radius 3 is 2.20 bits per heavy atom. The Labute approximate surface area is 90.0 Å². The molecule has 0 radical (unpaired) electrons. The standard InChI is InChI=1S/C9H19N3O3/c1-8(13)11(2)5-4-6-12(3)9(14)15-7-10/h4-7,10H2,1-3H3. The molecule has 0 aromatic heterocycles. The highest BCUT2D eigenvalue weighted by atomic mass is 16.6. The monoisotopic (exact) mass is 217 g/mol. The maximum absolute atomic E-state index is 11.1. The number of nitrogens with two attached hydrogens (primary N) is 1. The van der Waals surface area contributed by atoms with E-state index in [0.29, 0.717) is 19.5 Å². The lowest BCUT2D eigenvalue weighted by molar-refractivity contribution is -0.127. The van der Waals surface area contributed by atoms with Crippen LogP contribution in [0.15, 0.2) is 0 Å². The van der Waals surface area contributed by atoms with Gasteiger partial charge < -0.3 is 14.5 Å². The van der Waals surface area contributed by atoms with Crippen molar-refractivity contribution in [2.24, 2.45) is 5.73 Å². The first-order valence-electron chi connectivity index (χ1n) is 4.78. The Morgan fingerprint density at radius 2 is 1.73 bits per heavy atom. The molecule has 15 heavy (non-hydrogen) atoms. The molecular formula is C9H19N3O3. The van der Waals surface area contributed by atoms with Crippen LogP contribution in [-0.4, -0.2) is 55.7 Å². The molecule has 0 unspecified atom stereocenters. The third-order valence-corrected chi connectivity index (χ3v) is 2.04. The fourth-order valence-electron chi connectivity index (χ4n) is 0.975. The summed E-state index contributed by atoms with van der Waals surface area (Å²) in [6, 6.07) is 0. The van der Waals surface area contributed by atoms with Crippen LogP contribution in [-0.2, 0) is 9.53 Å². The van der Waals surface area contributed by atoms with Gasteiger partial charge in [0.1, 0.15) is 6.73 Å². The minimum Gasteiger partial charge on any atom is -0.434 e. The van der Waals surface area contributed by atoms with Crippen molar-refractivity contribution in [3.8, 4) is 0 Å². The van der Waals surface area contributed by atoms with E-state index in [1.165, 1.54) is 11.8 Å². The van der Waals surface area contributed by atoms with Gasteiger partial charge in [-0.1, -0.05) is 0 Å². The van der Waals surface area contributed by atoms with Gasteiger partial charge in [0.2, 0.25) is 5.91 Å².